The summed E-state index contributed by atoms with van der Waals surface area (Å²) in [6.07, 6.45) is 1.53. The molecule has 1 fully saturated rings. The Bertz CT molecular complexity index is 1120. The Morgan fingerprint density at radius 1 is 1.12 bits per heavy atom. The van der Waals surface area contributed by atoms with Crippen LogP contribution in [0.15, 0.2) is 42.6 Å². The van der Waals surface area contributed by atoms with Crippen molar-refractivity contribution in [1.29, 1.82) is 0 Å². The maximum atomic E-state index is 14.3. The predicted molar refractivity (Wildman–Crippen MR) is 114 cm³/mol. The molecule has 32 heavy (non-hydrogen) atoms. The Kier molecular flexibility index (Phi) is 6.62. The van der Waals surface area contributed by atoms with Gasteiger partial charge < -0.3 is 18.9 Å². The molecule has 0 radical (unpaired) electrons. The zero-order valence-corrected chi connectivity index (χ0v) is 17.5. The van der Waals surface area contributed by atoms with Gasteiger partial charge >= 0.3 is 0 Å². The van der Waals surface area contributed by atoms with E-state index >= 15 is 0 Å². The van der Waals surface area contributed by atoms with Crippen LogP contribution in [0.5, 0.6) is 23.0 Å². The molecule has 3 aromatic rings. The van der Waals surface area contributed by atoms with E-state index in [1.807, 2.05) is 0 Å². The van der Waals surface area contributed by atoms with Crippen LogP contribution < -0.4 is 14.2 Å². The summed E-state index contributed by atoms with van der Waals surface area (Å²) in [7, 11) is 1.53. The van der Waals surface area contributed by atoms with Crippen LogP contribution in [0.25, 0.3) is 10.9 Å². The van der Waals surface area contributed by atoms with Crippen molar-refractivity contribution in [2.45, 2.75) is 0 Å². The lowest BCUT2D eigenvalue weighted by Crippen LogP contribution is -2.38. The van der Waals surface area contributed by atoms with Crippen molar-refractivity contribution in [3.8, 4) is 23.0 Å². The van der Waals surface area contributed by atoms with Crippen LogP contribution in [0.1, 0.15) is 0 Å². The van der Waals surface area contributed by atoms with Crippen molar-refractivity contribution in [3.63, 3.8) is 0 Å². The van der Waals surface area contributed by atoms with Gasteiger partial charge in [0.2, 0.25) is 0 Å². The first-order valence-corrected chi connectivity index (χ1v) is 10.1. The van der Waals surface area contributed by atoms with Crippen LogP contribution in [0, 0.1) is 15.9 Å². The van der Waals surface area contributed by atoms with Crippen molar-refractivity contribution in [2.24, 2.45) is 0 Å². The number of fused-ring (bicyclic) bond motifs is 1. The largest absolute Gasteiger partial charge is 0.493 e. The number of ether oxygens (including phenoxy) is 4. The van der Waals surface area contributed by atoms with Crippen molar-refractivity contribution < 1.29 is 28.3 Å². The van der Waals surface area contributed by atoms with Gasteiger partial charge in [0, 0.05) is 43.4 Å². The van der Waals surface area contributed by atoms with Crippen molar-refractivity contribution >= 4 is 16.6 Å². The van der Waals surface area contributed by atoms with Gasteiger partial charge in [-0.05, 0) is 18.2 Å². The Balaban J connectivity index is 1.55. The SMILES string of the molecule is COc1cc2c(Oc3ccc([N+](=O)[O-])cc3F)ccnc2cc1OCCN1CCOCC1. The summed E-state index contributed by atoms with van der Waals surface area (Å²) in [5.74, 6) is 0.397. The van der Waals surface area contributed by atoms with E-state index in [4.69, 9.17) is 18.9 Å². The third-order valence-electron chi connectivity index (χ3n) is 5.10. The van der Waals surface area contributed by atoms with Gasteiger partial charge in [-0.25, -0.2) is 4.39 Å². The van der Waals surface area contributed by atoms with Crippen molar-refractivity contribution in [3.05, 3.63) is 58.5 Å². The van der Waals surface area contributed by atoms with Gasteiger partial charge in [-0.15, -0.1) is 0 Å². The third kappa shape index (κ3) is 4.87. The normalized spacial score (nSPS) is 14.3. The van der Waals surface area contributed by atoms with Crippen LogP contribution in [-0.2, 0) is 4.74 Å². The van der Waals surface area contributed by atoms with Crippen molar-refractivity contribution in [1.82, 2.24) is 9.88 Å². The highest BCUT2D eigenvalue weighted by atomic mass is 19.1. The van der Waals surface area contributed by atoms with E-state index in [0.29, 0.717) is 34.8 Å². The number of hydrogen-bond acceptors (Lipinski definition) is 8. The van der Waals surface area contributed by atoms with E-state index in [1.54, 1.807) is 18.2 Å². The first-order valence-electron chi connectivity index (χ1n) is 10.1. The first-order chi connectivity index (χ1) is 15.5. The fourth-order valence-electron chi connectivity index (χ4n) is 3.40. The summed E-state index contributed by atoms with van der Waals surface area (Å²) in [4.78, 5) is 16.8. The maximum absolute atomic E-state index is 14.3. The molecule has 1 saturated heterocycles. The molecule has 0 N–H and O–H groups in total. The van der Waals surface area contributed by atoms with Gasteiger partial charge in [0.15, 0.2) is 23.1 Å². The van der Waals surface area contributed by atoms with E-state index in [0.717, 1.165) is 38.9 Å². The van der Waals surface area contributed by atoms with E-state index in [9.17, 15) is 14.5 Å². The quantitative estimate of drug-likeness (QED) is 0.383. The highest BCUT2D eigenvalue weighted by molar-refractivity contribution is 5.88. The van der Waals surface area contributed by atoms with E-state index < -0.39 is 10.7 Å². The van der Waals surface area contributed by atoms with Gasteiger partial charge in [-0.1, -0.05) is 0 Å². The minimum atomic E-state index is -0.834. The third-order valence-corrected chi connectivity index (χ3v) is 5.10. The lowest BCUT2D eigenvalue weighted by atomic mass is 10.1. The lowest BCUT2D eigenvalue weighted by molar-refractivity contribution is -0.385. The number of nitrogens with zero attached hydrogens (tertiary/aromatic N) is 3. The first kappa shape index (κ1) is 21.7. The minimum absolute atomic E-state index is 0.132. The summed E-state index contributed by atoms with van der Waals surface area (Å²) < 4.78 is 36.8. The number of benzene rings is 2. The van der Waals surface area contributed by atoms with Gasteiger partial charge in [0.1, 0.15) is 12.4 Å². The second-order valence-electron chi connectivity index (χ2n) is 7.11. The van der Waals surface area contributed by atoms with Gasteiger partial charge in [-0.3, -0.25) is 20.0 Å². The Morgan fingerprint density at radius 3 is 2.66 bits per heavy atom. The molecule has 1 aliphatic heterocycles. The fraction of sp³-hybridized carbons (Fsp3) is 0.318. The zero-order valence-electron chi connectivity index (χ0n) is 17.5. The Labute approximate surface area is 183 Å². The van der Waals surface area contributed by atoms with Crippen molar-refractivity contribution in [2.75, 3.05) is 46.6 Å². The number of non-ortho nitro benzene ring substituents is 1. The van der Waals surface area contributed by atoms with Crippen LogP contribution in [0.3, 0.4) is 0 Å². The molecule has 0 bridgehead atoms. The summed E-state index contributed by atoms with van der Waals surface area (Å²) in [5, 5.41) is 11.4. The molecule has 0 atom stereocenters. The molecule has 1 aromatic heterocycles. The lowest BCUT2D eigenvalue weighted by Gasteiger charge is -2.26. The predicted octanol–water partition coefficient (Wildman–Crippen LogP) is 3.79. The molecule has 2 aromatic carbocycles. The maximum Gasteiger partial charge on any atom is 0.272 e. The summed E-state index contributed by atoms with van der Waals surface area (Å²) >= 11 is 0. The molecular weight excluding hydrogens is 421 g/mol. The standard InChI is InChI=1S/C22H22FN3O6/c1-29-21-13-16-18(14-22(21)31-11-8-25-6-9-30-10-7-25)24-5-4-19(16)32-20-3-2-15(26(27)28)12-17(20)23/h2-5,12-14H,6-11H2,1H3. The summed E-state index contributed by atoms with van der Waals surface area (Å²) in [6, 6.07) is 8.27. The number of nitro benzene ring substituents is 1. The molecule has 9 nitrogen and oxygen atoms in total. The van der Waals surface area contributed by atoms with Crippen LogP contribution in [0.4, 0.5) is 10.1 Å². The Morgan fingerprint density at radius 2 is 1.94 bits per heavy atom. The highest BCUT2D eigenvalue weighted by Gasteiger charge is 2.16. The number of halogens is 1. The second kappa shape index (κ2) is 9.75. The zero-order chi connectivity index (χ0) is 22.5. The molecule has 0 saturated carbocycles. The molecule has 0 spiro atoms. The Hall–Kier alpha value is -3.50. The van der Waals surface area contributed by atoms with Crippen LogP contribution in [-0.4, -0.2) is 61.4 Å². The topological polar surface area (TPSA) is 96.2 Å². The molecule has 0 unspecified atom stereocenters. The number of aromatic nitrogens is 1. The van der Waals surface area contributed by atoms with E-state index in [2.05, 4.69) is 9.88 Å². The number of rotatable bonds is 8. The van der Waals surface area contributed by atoms with Crippen LogP contribution in [0.2, 0.25) is 0 Å². The number of pyridine rings is 1. The number of morpholine rings is 1. The van der Waals surface area contributed by atoms with Crippen LogP contribution >= 0.6 is 0 Å². The molecule has 168 valence electrons. The van der Waals surface area contributed by atoms with Gasteiger partial charge in [0.05, 0.1) is 36.8 Å². The molecule has 0 amide bonds. The molecule has 1 aliphatic rings. The summed E-state index contributed by atoms with van der Waals surface area (Å²) in [6.45, 7) is 4.44. The number of methoxy groups -OCH3 is 1. The van der Waals surface area contributed by atoms with Gasteiger partial charge in [-0.2, -0.15) is 0 Å². The van der Waals surface area contributed by atoms with E-state index in [-0.39, 0.29) is 11.4 Å². The molecule has 4 rings (SSSR count). The van der Waals surface area contributed by atoms with Gasteiger partial charge in [0.25, 0.3) is 5.69 Å². The second-order valence-corrected chi connectivity index (χ2v) is 7.11. The smallest absolute Gasteiger partial charge is 0.272 e. The molecule has 0 aliphatic carbocycles. The molecule has 2 heterocycles. The number of nitro groups is 1. The minimum Gasteiger partial charge on any atom is -0.493 e. The molecule has 10 heteroatoms. The fourth-order valence-corrected chi connectivity index (χ4v) is 3.40. The average Bonchev–Trinajstić information content (AvgIpc) is 2.80. The van der Waals surface area contributed by atoms with E-state index in [1.165, 1.54) is 25.4 Å². The average molecular weight is 443 g/mol. The monoisotopic (exact) mass is 443 g/mol. The molecular formula is C22H22FN3O6. The number of hydrogen-bond donors (Lipinski definition) is 0. The highest BCUT2D eigenvalue weighted by Crippen LogP contribution is 2.37. The summed E-state index contributed by atoms with van der Waals surface area (Å²) in [5.41, 5.74) is 0.224.